The van der Waals surface area contributed by atoms with Gasteiger partial charge < -0.3 is 16.0 Å². The van der Waals surface area contributed by atoms with Crippen LogP contribution in [-0.4, -0.2) is 30.9 Å². The summed E-state index contributed by atoms with van der Waals surface area (Å²) in [5.41, 5.74) is 7.25. The van der Waals surface area contributed by atoms with Gasteiger partial charge in [0, 0.05) is 19.3 Å². The van der Waals surface area contributed by atoms with E-state index in [4.69, 9.17) is 11.0 Å². The van der Waals surface area contributed by atoms with Gasteiger partial charge in [0.15, 0.2) is 0 Å². The summed E-state index contributed by atoms with van der Waals surface area (Å²) in [6, 6.07) is 7.00. The van der Waals surface area contributed by atoms with Crippen molar-refractivity contribution in [3.05, 3.63) is 23.8 Å². The predicted octanol–water partition coefficient (Wildman–Crippen LogP) is 1.03. The van der Waals surface area contributed by atoms with E-state index in [1.165, 1.54) is 0 Å². The zero-order valence-corrected chi connectivity index (χ0v) is 10.0. The molecule has 17 heavy (non-hydrogen) atoms. The van der Waals surface area contributed by atoms with Gasteiger partial charge in [0.1, 0.15) is 6.07 Å². The first kappa shape index (κ1) is 12.8. The monoisotopic (exact) mass is 232 g/mol. The number of nitrogens with zero attached hydrogens (tertiary/aromatic N) is 2. The molecule has 0 saturated heterocycles. The zero-order valence-electron chi connectivity index (χ0n) is 10.0. The molecule has 1 aromatic rings. The Hall–Kier alpha value is -2.22. The van der Waals surface area contributed by atoms with Gasteiger partial charge in [0.2, 0.25) is 5.91 Å². The summed E-state index contributed by atoms with van der Waals surface area (Å²) in [5, 5.41) is 11.7. The fourth-order valence-corrected chi connectivity index (χ4v) is 1.26. The van der Waals surface area contributed by atoms with E-state index in [0.717, 1.165) is 5.69 Å². The molecule has 0 bridgehead atoms. The number of nitriles is 1. The second-order valence-electron chi connectivity index (χ2n) is 3.68. The van der Waals surface area contributed by atoms with Gasteiger partial charge in [-0.25, -0.2) is 0 Å². The SMILES string of the molecule is CCN(C)C(=O)CNc1ccc(C#N)c(N)c1. The summed E-state index contributed by atoms with van der Waals surface area (Å²) >= 11 is 0. The maximum absolute atomic E-state index is 11.5. The highest BCUT2D eigenvalue weighted by molar-refractivity contribution is 5.81. The van der Waals surface area contributed by atoms with Gasteiger partial charge >= 0.3 is 0 Å². The van der Waals surface area contributed by atoms with Gasteiger partial charge in [-0.15, -0.1) is 0 Å². The van der Waals surface area contributed by atoms with Crippen molar-refractivity contribution in [1.82, 2.24) is 4.90 Å². The number of hydrogen-bond acceptors (Lipinski definition) is 4. The largest absolute Gasteiger partial charge is 0.398 e. The number of nitrogens with two attached hydrogens (primary N) is 1. The summed E-state index contributed by atoms with van der Waals surface area (Å²) in [6.07, 6.45) is 0. The van der Waals surface area contributed by atoms with E-state index in [2.05, 4.69) is 5.32 Å². The Kier molecular flexibility index (Phi) is 4.35. The van der Waals surface area contributed by atoms with E-state index in [0.29, 0.717) is 17.8 Å². The maximum atomic E-state index is 11.5. The molecule has 5 nitrogen and oxygen atoms in total. The first-order chi connectivity index (χ1) is 8.08. The minimum atomic E-state index is 0.00966. The molecule has 3 N–H and O–H groups in total. The van der Waals surface area contributed by atoms with Crippen LogP contribution in [0.15, 0.2) is 18.2 Å². The van der Waals surface area contributed by atoms with Gasteiger partial charge in [0.25, 0.3) is 0 Å². The van der Waals surface area contributed by atoms with Crippen LogP contribution in [-0.2, 0) is 4.79 Å². The molecule has 0 unspecified atom stereocenters. The van der Waals surface area contributed by atoms with Crippen molar-refractivity contribution in [2.75, 3.05) is 31.2 Å². The third-order valence-corrected chi connectivity index (χ3v) is 2.52. The molecule has 0 aliphatic rings. The van der Waals surface area contributed by atoms with Gasteiger partial charge in [0.05, 0.1) is 17.8 Å². The number of anilines is 2. The van der Waals surface area contributed by atoms with Crippen LogP contribution < -0.4 is 11.1 Å². The normalized spacial score (nSPS) is 9.47. The minimum Gasteiger partial charge on any atom is -0.398 e. The Morgan fingerprint density at radius 3 is 2.82 bits per heavy atom. The van der Waals surface area contributed by atoms with Crippen molar-refractivity contribution in [2.45, 2.75) is 6.92 Å². The molecule has 90 valence electrons. The van der Waals surface area contributed by atoms with Gasteiger partial charge in [-0.1, -0.05) is 0 Å². The number of hydrogen-bond donors (Lipinski definition) is 2. The lowest BCUT2D eigenvalue weighted by Crippen LogP contribution is -2.31. The topological polar surface area (TPSA) is 82.2 Å². The molecule has 0 aliphatic heterocycles. The number of nitrogens with one attached hydrogen (secondary N) is 1. The molecule has 1 rings (SSSR count). The molecule has 1 aromatic carbocycles. The maximum Gasteiger partial charge on any atom is 0.241 e. The molecule has 0 aliphatic carbocycles. The fourth-order valence-electron chi connectivity index (χ4n) is 1.26. The van der Waals surface area contributed by atoms with Crippen molar-refractivity contribution in [1.29, 1.82) is 5.26 Å². The molecule has 0 saturated carbocycles. The summed E-state index contributed by atoms with van der Waals surface area (Å²) in [6.45, 7) is 2.81. The number of amides is 1. The van der Waals surface area contributed by atoms with E-state index in [1.807, 2.05) is 13.0 Å². The molecule has 0 fully saturated rings. The van der Waals surface area contributed by atoms with Crippen molar-refractivity contribution < 1.29 is 4.79 Å². The number of rotatable bonds is 4. The number of nitrogen functional groups attached to an aromatic ring is 1. The van der Waals surface area contributed by atoms with Gasteiger partial charge in [-0.2, -0.15) is 5.26 Å². The predicted molar refractivity (Wildman–Crippen MR) is 67.4 cm³/mol. The average Bonchev–Trinajstić information content (AvgIpc) is 2.35. The molecule has 5 heteroatoms. The first-order valence-electron chi connectivity index (χ1n) is 5.36. The van der Waals surface area contributed by atoms with Crippen molar-refractivity contribution >= 4 is 17.3 Å². The third-order valence-electron chi connectivity index (χ3n) is 2.52. The van der Waals surface area contributed by atoms with Crippen molar-refractivity contribution in [2.24, 2.45) is 0 Å². The average molecular weight is 232 g/mol. The molecule has 1 amide bonds. The lowest BCUT2D eigenvalue weighted by Gasteiger charge is -2.15. The van der Waals surface area contributed by atoms with Crippen LogP contribution in [0.2, 0.25) is 0 Å². The third kappa shape index (κ3) is 3.38. The lowest BCUT2D eigenvalue weighted by molar-refractivity contribution is -0.127. The van der Waals surface area contributed by atoms with E-state index >= 15 is 0 Å². The summed E-state index contributed by atoms with van der Waals surface area (Å²) in [5.74, 6) is 0.00966. The molecule has 0 spiro atoms. The van der Waals surface area contributed by atoms with Crippen LogP contribution in [0, 0.1) is 11.3 Å². The second kappa shape index (κ2) is 5.75. The van der Waals surface area contributed by atoms with Gasteiger partial charge in [-0.3, -0.25) is 4.79 Å². The highest BCUT2D eigenvalue weighted by Crippen LogP contribution is 2.16. The fraction of sp³-hybridized carbons (Fsp3) is 0.333. The summed E-state index contributed by atoms with van der Waals surface area (Å²) in [7, 11) is 1.75. The van der Waals surface area contributed by atoms with Crippen molar-refractivity contribution in [3.63, 3.8) is 0 Å². The quantitative estimate of drug-likeness (QED) is 0.760. The Morgan fingerprint density at radius 2 is 2.29 bits per heavy atom. The Bertz CT molecular complexity index is 450. The molecule has 0 atom stereocenters. The Morgan fingerprint density at radius 1 is 1.59 bits per heavy atom. The van der Waals surface area contributed by atoms with Crippen molar-refractivity contribution in [3.8, 4) is 6.07 Å². The number of likely N-dealkylation sites (N-methyl/N-ethyl adjacent to an activating group) is 1. The minimum absolute atomic E-state index is 0.00966. The Balaban J connectivity index is 2.62. The first-order valence-corrected chi connectivity index (χ1v) is 5.36. The highest BCUT2D eigenvalue weighted by atomic mass is 16.2. The van der Waals surface area contributed by atoms with E-state index in [-0.39, 0.29) is 12.5 Å². The summed E-state index contributed by atoms with van der Waals surface area (Å²) < 4.78 is 0. The van der Waals surface area contributed by atoms with Crippen LogP contribution in [0.5, 0.6) is 0 Å². The van der Waals surface area contributed by atoms with Crippen LogP contribution in [0.1, 0.15) is 12.5 Å². The number of carbonyl (C=O) groups excluding carboxylic acids is 1. The highest BCUT2D eigenvalue weighted by Gasteiger charge is 2.06. The zero-order chi connectivity index (χ0) is 12.8. The van der Waals surface area contributed by atoms with E-state index in [9.17, 15) is 4.79 Å². The van der Waals surface area contributed by atoms with Crippen LogP contribution in [0.3, 0.4) is 0 Å². The molecule has 0 aromatic heterocycles. The van der Waals surface area contributed by atoms with Crippen LogP contribution >= 0.6 is 0 Å². The summed E-state index contributed by atoms with van der Waals surface area (Å²) in [4.78, 5) is 13.2. The second-order valence-corrected chi connectivity index (χ2v) is 3.68. The molecular formula is C12H16N4O. The van der Waals surface area contributed by atoms with Gasteiger partial charge in [-0.05, 0) is 25.1 Å². The smallest absolute Gasteiger partial charge is 0.241 e. The molecule has 0 radical (unpaired) electrons. The molecule has 0 heterocycles. The van der Waals surface area contributed by atoms with E-state index in [1.54, 1.807) is 30.1 Å². The van der Waals surface area contributed by atoms with E-state index < -0.39 is 0 Å². The van der Waals surface area contributed by atoms with Crippen LogP contribution in [0.4, 0.5) is 11.4 Å². The number of carbonyl (C=O) groups is 1. The Labute approximate surface area is 101 Å². The standard InChI is InChI=1S/C12H16N4O/c1-3-16(2)12(17)8-15-10-5-4-9(7-13)11(14)6-10/h4-6,15H,3,8,14H2,1-2H3. The number of benzene rings is 1. The molecular weight excluding hydrogens is 216 g/mol. The van der Waals surface area contributed by atoms with Crippen LogP contribution in [0.25, 0.3) is 0 Å². The lowest BCUT2D eigenvalue weighted by atomic mass is 10.2.